The SMILES string of the molecule is Cc1ccc(CC(=O)N[C@H](C)C(=O)OC(C)(C)C)cc1C. The summed E-state index contributed by atoms with van der Waals surface area (Å²) >= 11 is 0. The first-order chi connectivity index (χ1) is 9.58. The fourth-order valence-corrected chi connectivity index (χ4v) is 1.84. The molecule has 0 bridgehead atoms. The van der Waals surface area contributed by atoms with Crippen molar-refractivity contribution in [1.29, 1.82) is 0 Å². The highest BCUT2D eigenvalue weighted by Gasteiger charge is 2.22. The Bertz CT molecular complexity index is 529. The predicted molar refractivity (Wildman–Crippen MR) is 83.1 cm³/mol. The van der Waals surface area contributed by atoms with Crippen LogP contribution in [0.1, 0.15) is 44.4 Å². The first kappa shape index (κ1) is 17.2. The number of ether oxygens (including phenoxy) is 1. The van der Waals surface area contributed by atoms with Crippen LogP contribution in [0.3, 0.4) is 0 Å². The minimum absolute atomic E-state index is 0.184. The second kappa shape index (κ2) is 6.74. The number of benzene rings is 1. The number of carbonyl (C=O) groups is 2. The first-order valence-electron chi connectivity index (χ1n) is 7.17. The number of nitrogens with one attached hydrogen (secondary N) is 1. The molecular formula is C17H25NO3. The lowest BCUT2D eigenvalue weighted by atomic mass is 10.0. The van der Waals surface area contributed by atoms with Crippen LogP contribution < -0.4 is 5.32 Å². The van der Waals surface area contributed by atoms with Crippen molar-refractivity contribution in [2.45, 2.75) is 59.6 Å². The molecule has 1 rings (SSSR count). The van der Waals surface area contributed by atoms with E-state index in [1.165, 1.54) is 5.56 Å². The van der Waals surface area contributed by atoms with Crippen LogP contribution in [-0.4, -0.2) is 23.5 Å². The molecule has 0 fully saturated rings. The van der Waals surface area contributed by atoms with Gasteiger partial charge in [0.25, 0.3) is 0 Å². The Hall–Kier alpha value is -1.84. The third kappa shape index (κ3) is 5.98. The van der Waals surface area contributed by atoms with Gasteiger partial charge in [0, 0.05) is 0 Å². The summed E-state index contributed by atoms with van der Waals surface area (Å²) in [5.41, 5.74) is 2.73. The van der Waals surface area contributed by atoms with E-state index in [1.807, 2.05) is 32.0 Å². The molecule has 0 saturated heterocycles. The largest absolute Gasteiger partial charge is 0.458 e. The molecule has 1 N–H and O–H groups in total. The van der Waals surface area contributed by atoms with Crippen LogP contribution >= 0.6 is 0 Å². The standard InChI is InChI=1S/C17H25NO3/c1-11-7-8-14(9-12(11)2)10-15(19)18-13(3)16(20)21-17(4,5)6/h7-9,13H,10H2,1-6H3,(H,18,19)/t13-/m1/s1. The molecule has 0 spiro atoms. The third-order valence-corrected chi connectivity index (χ3v) is 3.07. The van der Waals surface area contributed by atoms with Gasteiger partial charge in [0.15, 0.2) is 0 Å². The molecule has 1 amide bonds. The van der Waals surface area contributed by atoms with Crippen molar-refractivity contribution in [3.8, 4) is 0 Å². The summed E-state index contributed by atoms with van der Waals surface area (Å²) in [5, 5.41) is 2.67. The zero-order valence-electron chi connectivity index (χ0n) is 13.7. The topological polar surface area (TPSA) is 55.4 Å². The van der Waals surface area contributed by atoms with Crippen LogP contribution in [0.4, 0.5) is 0 Å². The Balaban J connectivity index is 2.57. The smallest absolute Gasteiger partial charge is 0.328 e. The zero-order chi connectivity index (χ0) is 16.2. The van der Waals surface area contributed by atoms with Crippen molar-refractivity contribution in [3.63, 3.8) is 0 Å². The van der Waals surface area contributed by atoms with E-state index >= 15 is 0 Å². The van der Waals surface area contributed by atoms with E-state index < -0.39 is 17.6 Å². The molecule has 0 aliphatic carbocycles. The minimum atomic E-state index is -0.650. The monoisotopic (exact) mass is 291 g/mol. The second-order valence-corrected chi connectivity index (χ2v) is 6.42. The van der Waals surface area contributed by atoms with Crippen LogP contribution in [0.5, 0.6) is 0 Å². The summed E-state index contributed by atoms with van der Waals surface area (Å²) < 4.78 is 5.23. The molecule has 1 aromatic carbocycles. The van der Waals surface area contributed by atoms with Crippen molar-refractivity contribution < 1.29 is 14.3 Å². The van der Waals surface area contributed by atoms with E-state index in [-0.39, 0.29) is 12.3 Å². The van der Waals surface area contributed by atoms with Gasteiger partial charge in [0.2, 0.25) is 5.91 Å². The number of aryl methyl sites for hydroxylation is 2. The molecule has 0 unspecified atom stereocenters. The van der Waals surface area contributed by atoms with Gasteiger partial charge >= 0.3 is 5.97 Å². The molecule has 0 saturated carbocycles. The van der Waals surface area contributed by atoms with Crippen molar-refractivity contribution >= 4 is 11.9 Å². The maximum atomic E-state index is 12.0. The van der Waals surface area contributed by atoms with Crippen molar-refractivity contribution in [3.05, 3.63) is 34.9 Å². The molecule has 4 heteroatoms. The molecule has 1 aromatic rings. The number of hydrogen-bond acceptors (Lipinski definition) is 3. The second-order valence-electron chi connectivity index (χ2n) is 6.42. The van der Waals surface area contributed by atoms with E-state index in [9.17, 15) is 9.59 Å². The van der Waals surface area contributed by atoms with Crippen LogP contribution in [0.2, 0.25) is 0 Å². The Morgan fingerprint density at radius 1 is 1.19 bits per heavy atom. The number of rotatable bonds is 4. The van der Waals surface area contributed by atoms with Gasteiger partial charge in [-0.25, -0.2) is 4.79 Å². The van der Waals surface area contributed by atoms with Gasteiger partial charge < -0.3 is 10.1 Å². The highest BCUT2D eigenvalue weighted by atomic mass is 16.6. The summed E-state index contributed by atoms with van der Waals surface area (Å²) in [6, 6.07) is 5.27. The molecule has 116 valence electrons. The summed E-state index contributed by atoms with van der Waals surface area (Å²) in [5.74, 6) is -0.604. The lowest BCUT2D eigenvalue weighted by Gasteiger charge is -2.22. The predicted octanol–water partition coefficient (Wildman–Crippen LogP) is 2.69. The number of amides is 1. The molecule has 0 heterocycles. The zero-order valence-corrected chi connectivity index (χ0v) is 13.7. The minimum Gasteiger partial charge on any atom is -0.458 e. The molecule has 0 aromatic heterocycles. The molecule has 1 atom stereocenters. The van der Waals surface area contributed by atoms with Gasteiger partial charge in [-0.2, -0.15) is 0 Å². The number of carbonyl (C=O) groups excluding carboxylic acids is 2. The normalized spacial score (nSPS) is 12.7. The Morgan fingerprint density at radius 2 is 1.81 bits per heavy atom. The molecular weight excluding hydrogens is 266 g/mol. The first-order valence-corrected chi connectivity index (χ1v) is 7.17. The summed E-state index contributed by atoms with van der Waals surface area (Å²) in [6.07, 6.45) is 0.258. The lowest BCUT2D eigenvalue weighted by molar-refractivity contribution is -0.158. The Labute approximate surface area is 126 Å². The average molecular weight is 291 g/mol. The van der Waals surface area contributed by atoms with Gasteiger partial charge in [-0.1, -0.05) is 18.2 Å². The van der Waals surface area contributed by atoms with E-state index in [4.69, 9.17) is 4.74 Å². The molecule has 4 nitrogen and oxygen atoms in total. The van der Waals surface area contributed by atoms with Crippen LogP contribution in [0, 0.1) is 13.8 Å². The van der Waals surface area contributed by atoms with Crippen molar-refractivity contribution in [2.75, 3.05) is 0 Å². The highest BCUT2D eigenvalue weighted by molar-refractivity contribution is 5.85. The van der Waals surface area contributed by atoms with E-state index in [2.05, 4.69) is 5.32 Å². The van der Waals surface area contributed by atoms with E-state index in [1.54, 1.807) is 27.7 Å². The fourth-order valence-electron chi connectivity index (χ4n) is 1.84. The van der Waals surface area contributed by atoms with Crippen LogP contribution in [0.15, 0.2) is 18.2 Å². The third-order valence-electron chi connectivity index (χ3n) is 3.07. The number of hydrogen-bond donors (Lipinski definition) is 1. The molecule has 0 aliphatic rings. The van der Waals surface area contributed by atoms with E-state index in [0.29, 0.717) is 0 Å². The van der Waals surface area contributed by atoms with Crippen molar-refractivity contribution in [1.82, 2.24) is 5.32 Å². The Kier molecular flexibility index (Phi) is 5.53. The highest BCUT2D eigenvalue weighted by Crippen LogP contribution is 2.11. The van der Waals surface area contributed by atoms with Crippen LogP contribution in [0.25, 0.3) is 0 Å². The van der Waals surface area contributed by atoms with E-state index in [0.717, 1.165) is 11.1 Å². The quantitative estimate of drug-likeness (QED) is 0.868. The maximum absolute atomic E-state index is 12.0. The van der Waals surface area contributed by atoms with Gasteiger partial charge in [0.1, 0.15) is 11.6 Å². The van der Waals surface area contributed by atoms with Gasteiger partial charge in [0.05, 0.1) is 6.42 Å². The maximum Gasteiger partial charge on any atom is 0.328 e. The fraction of sp³-hybridized carbons (Fsp3) is 0.529. The van der Waals surface area contributed by atoms with Crippen molar-refractivity contribution in [2.24, 2.45) is 0 Å². The van der Waals surface area contributed by atoms with Crippen LogP contribution in [-0.2, 0) is 20.7 Å². The van der Waals surface area contributed by atoms with Gasteiger partial charge in [-0.3, -0.25) is 4.79 Å². The summed E-state index contributed by atoms with van der Waals surface area (Å²) in [6.45, 7) is 11.1. The molecule has 21 heavy (non-hydrogen) atoms. The lowest BCUT2D eigenvalue weighted by Crippen LogP contribution is -2.42. The Morgan fingerprint density at radius 3 is 2.33 bits per heavy atom. The average Bonchev–Trinajstić information content (AvgIpc) is 2.31. The molecule has 0 radical (unpaired) electrons. The van der Waals surface area contributed by atoms with Gasteiger partial charge in [-0.05, 0) is 58.2 Å². The summed E-state index contributed by atoms with van der Waals surface area (Å²) in [7, 11) is 0. The van der Waals surface area contributed by atoms with Gasteiger partial charge in [-0.15, -0.1) is 0 Å². The summed E-state index contributed by atoms with van der Waals surface area (Å²) in [4.78, 5) is 23.8. The number of esters is 1. The molecule has 0 aliphatic heterocycles.